The van der Waals surface area contributed by atoms with E-state index < -0.39 is 10.2 Å². The van der Waals surface area contributed by atoms with Gasteiger partial charge in [-0.25, -0.2) is 0 Å². The van der Waals surface area contributed by atoms with Crippen LogP contribution in [0.25, 0.3) is 0 Å². The lowest BCUT2D eigenvalue weighted by atomic mass is 9.94. The fourth-order valence-electron chi connectivity index (χ4n) is 4.74. The monoisotopic (exact) mass is 417 g/mol. The molecule has 3 atom stereocenters. The summed E-state index contributed by atoms with van der Waals surface area (Å²) in [5, 5.41) is 3.03. The molecule has 0 aromatic carbocycles. The maximum Gasteiger partial charge on any atom is 0.282 e. The summed E-state index contributed by atoms with van der Waals surface area (Å²) < 4.78 is 34.8. The topological polar surface area (TPSA) is 83.4 Å². The first-order valence-electron chi connectivity index (χ1n) is 10.8. The van der Waals surface area contributed by atoms with Gasteiger partial charge in [0.15, 0.2) is 0 Å². The van der Waals surface area contributed by atoms with Gasteiger partial charge in [0.25, 0.3) is 10.2 Å². The molecular formula is C19H37N4O4S+. The Kier molecular flexibility index (Phi) is 7.72. The first-order valence-corrected chi connectivity index (χ1v) is 12.2. The Bertz CT molecular complexity index is 613. The second kappa shape index (κ2) is 9.84. The largest absolute Gasteiger partial charge is 0.370 e. The standard InChI is InChI=1S/C19H36N4O4S/c1-16-12-17(2)14-23(13-16)28(25,26)22-6-3-4-18(15-22)19(24)20-5-7-21-8-10-27-11-9-21/h16-18H,3-15H2,1-2H3,(H,20,24)/p+1/t16-,17-,18+/m1/s1. The summed E-state index contributed by atoms with van der Waals surface area (Å²) in [5.74, 6) is 0.506. The summed E-state index contributed by atoms with van der Waals surface area (Å²) in [5.41, 5.74) is 0. The van der Waals surface area contributed by atoms with Crippen LogP contribution >= 0.6 is 0 Å². The maximum atomic E-state index is 13.1. The molecule has 1 amide bonds. The van der Waals surface area contributed by atoms with Gasteiger partial charge in [0, 0.05) is 26.2 Å². The normalized spacial score (nSPS) is 31.6. The van der Waals surface area contributed by atoms with Crippen LogP contribution in [0.2, 0.25) is 0 Å². The van der Waals surface area contributed by atoms with Gasteiger partial charge in [-0.15, -0.1) is 0 Å². The van der Waals surface area contributed by atoms with Crippen LogP contribution in [0.15, 0.2) is 0 Å². The number of carbonyl (C=O) groups excluding carboxylic acids is 1. The van der Waals surface area contributed by atoms with Crippen LogP contribution in [0, 0.1) is 17.8 Å². The molecule has 0 unspecified atom stereocenters. The van der Waals surface area contributed by atoms with Gasteiger partial charge in [0.2, 0.25) is 5.91 Å². The van der Waals surface area contributed by atoms with E-state index in [0.29, 0.717) is 44.6 Å². The minimum atomic E-state index is -3.49. The Morgan fingerprint density at radius 1 is 1.11 bits per heavy atom. The molecule has 8 nitrogen and oxygen atoms in total. The van der Waals surface area contributed by atoms with Crippen molar-refractivity contribution in [2.24, 2.45) is 17.8 Å². The van der Waals surface area contributed by atoms with Crippen LogP contribution in [-0.2, 0) is 19.7 Å². The molecule has 0 aromatic rings. The van der Waals surface area contributed by atoms with Crippen molar-refractivity contribution in [3.05, 3.63) is 0 Å². The summed E-state index contributed by atoms with van der Waals surface area (Å²) in [7, 11) is -3.49. The summed E-state index contributed by atoms with van der Waals surface area (Å²) in [4.78, 5) is 14.1. The van der Waals surface area contributed by atoms with Crippen molar-refractivity contribution < 1.29 is 22.8 Å². The summed E-state index contributed by atoms with van der Waals surface area (Å²) in [6, 6.07) is 0. The smallest absolute Gasteiger partial charge is 0.282 e. The summed E-state index contributed by atoms with van der Waals surface area (Å²) >= 11 is 0. The molecule has 3 saturated heterocycles. The van der Waals surface area contributed by atoms with Gasteiger partial charge >= 0.3 is 0 Å². The van der Waals surface area contributed by atoms with Crippen LogP contribution in [0.5, 0.6) is 0 Å². The van der Waals surface area contributed by atoms with Gasteiger partial charge in [0.1, 0.15) is 13.1 Å². The fraction of sp³-hybridized carbons (Fsp3) is 0.947. The molecule has 0 aromatic heterocycles. The molecule has 0 saturated carbocycles. The van der Waals surface area contributed by atoms with Crippen molar-refractivity contribution in [2.75, 3.05) is 65.6 Å². The maximum absolute atomic E-state index is 13.1. The zero-order valence-corrected chi connectivity index (χ0v) is 18.2. The third kappa shape index (κ3) is 5.66. The van der Waals surface area contributed by atoms with E-state index in [-0.39, 0.29) is 11.8 Å². The molecule has 3 rings (SSSR count). The number of rotatable bonds is 6. The molecule has 3 aliphatic rings. The highest BCUT2D eigenvalue weighted by Crippen LogP contribution is 2.27. The highest BCUT2D eigenvalue weighted by molar-refractivity contribution is 7.86. The third-order valence-corrected chi connectivity index (χ3v) is 8.16. The van der Waals surface area contributed by atoms with E-state index >= 15 is 0 Å². The Morgan fingerprint density at radius 3 is 2.46 bits per heavy atom. The number of nitrogens with one attached hydrogen (secondary N) is 2. The number of hydrogen-bond donors (Lipinski definition) is 2. The van der Waals surface area contributed by atoms with Crippen molar-refractivity contribution in [3.8, 4) is 0 Å². The lowest BCUT2D eigenvalue weighted by molar-refractivity contribution is -0.906. The van der Waals surface area contributed by atoms with E-state index in [1.165, 1.54) is 4.90 Å². The predicted molar refractivity (Wildman–Crippen MR) is 107 cm³/mol. The highest BCUT2D eigenvalue weighted by Gasteiger charge is 2.38. The fourth-order valence-corrected chi connectivity index (χ4v) is 6.68. The lowest BCUT2D eigenvalue weighted by Gasteiger charge is -2.39. The van der Waals surface area contributed by atoms with Crippen molar-refractivity contribution >= 4 is 16.1 Å². The van der Waals surface area contributed by atoms with Crippen LogP contribution in [0.4, 0.5) is 0 Å². The van der Waals surface area contributed by atoms with Crippen molar-refractivity contribution in [1.29, 1.82) is 0 Å². The third-order valence-electron chi connectivity index (χ3n) is 6.22. The molecule has 162 valence electrons. The van der Waals surface area contributed by atoms with Crippen molar-refractivity contribution in [2.45, 2.75) is 33.1 Å². The Hall–Kier alpha value is -0.740. The number of piperidine rings is 2. The molecule has 3 heterocycles. The number of amides is 1. The van der Waals surface area contributed by atoms with Crippen LogP contribution in [-0.4, -0.2) is 88.5 Å². The first kappa shape index (κ1) is 22.0. The molecule has 9 heteroatoms. The highest BCUT2D eigenvalue weighted by atomic mass is 32.2. The molecule has 2 N–H and O–H groups in total. The van der Waals surface area contributed by atoms with Crippen molar-refractivity contribution in [1.82, 2.24) is 13.9 Å². The molecule has 0 spiro atoms. The SMILES string of the molecule is C[C@@H]1C[C@@H](C)CN(S(=O)(=O)N2CCC[C@H](C(=O)NCC[NH+]3CCOCC3)C2)C1. The predicted octanol–water partition coefficient (Wildman–Crippen LogP) is -1.05. The minimum absolute atomic E-state index is 0.00654. The number of ether oxygens (including phenoxy) is 1. The second-order valence-corrected chi connectivity index (χ2v) is 10.8. The van der Waals surface area contributed by atoms with E-state index in [2.05, 4.69) is 19.2 Å². The molecule has 0 aliphatic carbocycles. The first-order chi connectivity index (χ1) is 13.4. The van der Waals surface area contributed by atoms with Gasteiger partial charge in [-0.1, -0.05) is 13.8 Å². The number of nitrogens with zero attached hydrogens (tertiary/aromatic N) is 2. The van der Waals surface area contributed by atoms with Crippen LogP contribution in [0.1, 0.15) is 33.1 Å². The van der Waals surface area contributed by atoms with Gasteiger partial charge in [0.05, 0.1) is 32.2 Å². The molecule has 0 radical (unpaired) electrons. The molecule has 3 aliphatic heterocycles. The molecule has 3 fully saturated rings. The van der Waals surface area contributed by atoms with Gasteiger partial charge in [-0.2, -0.15) is 17.0 Å². The number of morpholine rings is 1. The van der Waals surface area contributed by atoms with Gasteiger partial charge in [-0.05, 0) is 31.1 Å². The van der Waals surface area contributed by atoms with E-state index in [1.54, 1.807) is 8.61 Å². The van der Waals surface area contributed by atoms with E-state index in [0.717, 1.165) is 52.1 Å². The summed E-state index contributed by atoms with van der Waals surface area (Å²) in [6.45, 7) is 11.3. The number of hydrogen-bond acceptors (Lipinski definition) is 4. The van der Waals surface area contributed by atoms with Gasteiger partial charge < -0.3 is 15.0 Å². The van der Waals surface area contributed by atoms with E-state index in [1.807, 2.05) is 0 Å². The minimum Gasteiger partial charge on any atom is -0.370 e. The number of quaternary nitrogens is 1. The summed E-state index contributed by atoms with van der Waals surface area (Å²) in [6.07, 6.45) is 2.57. The van der Waals surface area contributed by atoms with Crippen LogP contribution in [0.3, 0.4) is 0 Å². The lowest BCUT2D eigenvalue weighted by Crippen LogP contribution is -3.14. The number of carbonyl (C=O) groups is 1. The second-order valence-electron chi connectivity index (χ2n) is 8.87. The van der Waals surface area contributed by atoms with E-state index in [9.17, 15) is 13.2 Å². The Labute approximate surface area is 169 Å². The van der Waals surface area contributed by atoms with Crippen LogP contribution < -0.4 is 10.2 Å². The molecular weight excluding hydrogens is 380 g/mol. The Balaban J connectivity index is 1.50. The van der Waals surface area contributed by atoms with E-state index in [4.69, 9.17) is 4.74 Å². The van der Waals surface area contributed by atoms with Gasteiger partial charge in [-0.3, -0.25) is 4.79 Å². The molecule has 0 bridgehead atoms. The average molecular weight is 418 g/mol. The molecule has 28 heavy (non-hydrogen) atoms. The zero-order chi connectivity index (χ0) is 20.1. The zero-order valence-electron chi connectivity index (χ0n) is 17.4. The Morgan fingerprint density at radius 2 is 1.79 bits per heavy atom. The quantitative estimate of drug-likeness (QED) is 0.578. The average Bonchev–Trinajstić information content (AvgIpc) is 2.68. The van der Waals surface area contributed by atoms with Crippen molar-refractivity contribution in [3.63, 3.8) is 0 Å².